The first-order chi connectivity index (χ1) is 9.36. The molecule has 0 spiro atoms. The number of hydrogen-bond acceptors (Lipinski definition) is 3. The maximum atomic E-state index is 8.69. The van der Waals surface area contributed by atoms with Gasteiger partial charge in [0.2, 0.25) is 0 Å². The van der Waals surface area contributed by atoms with Crippen molar-refractivity contribution in [2.24, 2.45) is 0 Å². The van der Waals surface area contributed by atoms with Crippen LogP contribution in [0.3, 0.4) is 0 Å². The van der Waals surface area contributed by atoms with E-state index in [0.29, 0.717) is 13.2 Å². The second-order valence-electron chi connectivity index (χ2n) is 5.14. The van der Waals surface area contributed by atoms with Gasteiger partial charge in [-0.25, -0.2) is 0 Å². The summed E-state index contributed by atoms with van der Waals surface area (Å²) in [6.45, 7) is 0.613. The van der Waals surface area contributed by atoms with Gasteiger partial charge in [-0.05, 0) is 37.8 Å². The van der Waals surface area contributed by atoms with E-state index in [1.54, 1.807) is 0 Å². The van der Waals surface area contributed by atoms with Gasteiger partial charge in [-0.3, -0.25) is 0 Å². The van der Waals surface area contributed by atoms with Crippen LogP contribution < -0.4 is 0 Å². The van der Waals surface area contributed by atoms with Crippen molar-refractivity contribution in [3.05, 3.63) is 23.7 Å². The van der Waals surface area contributed by atoms with Crippen LogP contribution in [-0.4, -0.2) is 23.4 Å². The van der Waals surface area contributed by atoms with Crippen molar-refractivity contribution in [1.82, 2.24) is 0 Å². The maximum absolute atomic E-state index is 8.69. The molecule has 0 atom stereocenters. The zero-order valence-electron chi connectivity index (χ0n) is 11.9. The van der Waals surface area contributed by atoms with Crippen molar-refractivity contribution in [1.29, 1.82) is 0 Å². The first-order valence-electron chi connectivity index (χ1n) is 7.66. The largest absolute Gasteiger partial charge is 0.466 e. The highest BCUT2D eigenvalue weighted by atomic mass is 16.3. The maximum Gasteiger partial charge on any atom is 0.104 e. The molecular formula is C16H28O3. The van der Waals surface area contributed by atoms with Crippen LogP contribution in [0.1, 0.15) is 62.9 Å². The average molecular weight is 268 g/mol. The van der Waals surface area contributed by atoms with Crippen molar-refractivity contribution in [2.75, 3.05) is 13.2 Å². The van der Waals surface area contributed by atoms with Gasteiger partial charge in [-0.15, -0.1) is 0 Å². The Kier molecular flexibility index (Phi) is 9.46. The van der Waals surface area contributed by atoms with Crippen molar-refractivity contribution in [3.63, 3.8) is 0 Å². The van der Waals surface area contributed by atoms with E-state index in [1.165, 1.54) is 0 Å². The van der Waals surface area contributed by atoms with E-state index in [0.717, 1.165) is 75.7 Å². The van der Waals surface area contributed by atoms with Gasteiger partial charge in [-0.1, -0.05) is 25.7 Å². The van der Waals surface area contributed by atoms with Crippen LogP contribution in [0.2, 0.25) is 0 Å². The summed E-state index contributed by atoms with van der Waals surface area (Å²) in [4.78, 5) is 0. The standard InChI is InChI=1S/C16H28O3/c17-13-7-3-1-5-9-15-11-12-16(19-15)10-6-2-4-8-14-18/h11-12,17-18H,1-10,13-14H2. The molecule has 2 N–H and O–H groups in total. The topological polar surface area (TPSA) is 53.6 Å². The van der Waals surface area contributed by atoms with E-state index in [4.69, 9.17) is 14.6 Å². The Bertz CT molecular complexity index is 278. The van der Waals surface area contributed by atoms with Gasteiger partial charge >= 0.3 is 0 Å². The lowest BCUT2D eigenvalue weighted by Gasteiger charge is -1.99. The lowest BCUT2D eigenvalue weighted by atomic mass is 10.1. The third-order valence-corrected chi connectivity index (χ3v) is 3.38. The van der Waals surface area contributed by atoms with Crippen LogP contribution >= 0.6 is 0 Å². The minimum Gasteiger partial charge on any atom is -0.466 e. The smallest absolute Gasteiger partial charge is 0.104 e. The molecule has 3 heteroatoms. The summed E-state index contributed by atoms with van der Waals surface area (Å²) in [7, 11) is 0. The van der Waals surface area contributed by atoms with E-state index in [1.807, 2.05) is 0 Å². The Morgan fingerprint density at radius 3 is 1.47 bits per heavy atom. The highest BCUT2D eigenvalue weighted by molar-refractivity contribution is 5.07. The highest BCUT2D eigenvalue weighted by Gasteiger charge is 2.02. The second kappa shape index (κ2) is 11.1. The summed E-state index contributed by atoms with van der Waals surface area (Å²) in [6.07, 6.45) is 10.7. The van der Waals surface area contributed by atoms with E-state index in [2.05, 4.69) is 12.1 Å². The summed E-state index contributed by atoms with van der Waals surface area (Å²) < 4.78 is 5.80. The molecule has 19 heavy (non-hydrogen) atoms. The summed E-state index contributed by atoms with van der Waals surface area (Å²) in [5.41, 5.74) is 0. The zero-order chi connectivity index (χ0) is 13.8. The van der Waals surface area contributed by atoms with Crippen LogP contribution in [0.15, 0.2) is 16.5 Å². The predicted molar refractivity (Wildman–Crippen MR) is 77.2 cm³/mol. The SMILES string of the molecule is OCCCCCCc1ccc(CCCCCCO)o1. The Balaban J connectivity index is 2.07. The number of hydrogen-bond donors (Lipinski definition) is 2. The molecule has 0 saturated heterocycles. The van der Waals surface area contributed by atoms with Crippen molar-refractivity contribution >= 4 is 0 Å². The van der Waals surface area contributed by atoms with Crippen LogP contribution in [0, 0.1) is 0 Å². The molecule has 1 aromatic heterocycles. The molecule has 0 saturated carbocycles. The average Bonchev–Trinajstić information content (AvgIpc) is 2.86. The molecule has 0 bridgehead atoms. The highest BCUT2D eigenvalue weighted by Crippen LogP contribution is 2.15. The van der Waals surface area contributed by atoms with E-state index in [9.17, 15) is 0 Å². The number of aliphatic hydroxyl groups excluding tert-OH is 2. The minimum atomic E-state index is 0.307. The lowest BCUT2D eigenvalue weighted by Crippen LogP contribution is -1.87. The number of aryl methyl sites for hydroxylation is 2. The van der Waals surface area contributed by atoms with Crippen LogP contribution in [-0.2, 0) is 12.8 Å². The molecule has 1 heterocycles. The van der Waals surface area contributed by atoms with Crippen LogP contribution in [0.4, 0.5) is 0 Å². The van der Waals surface area contributed by atoms with E-state index >= 15 is 0 Å². The Morgan fingerprint density at radius 1 is 0.632 bits per heavy atom. The molecule has 0 radical (unpaired) electrons. The Hall–Kier alpha value is -0.800. The molecule has 3 nitrogen and oxygen atoms in total. The fourth-order valence-electron chi connectivity index (χ4n) is 2.22. The molecule has 0 aliphatic carbocycles. The van der Waals surface area contributed by atoms with Gasteiger partial charge in [0.05, 0.1) is 0 Å². The van der Waals surface area contributed by atoms with Gasteiger partial charge in [0, 0.05) is 26.1 Å². The first kappa shape index (κ1) is 16.3. The fraction of sp³-hybridized carbons (Fsp3) is 0.750. The molecule has 0 aromatic carbocycles. The second-order valence-corrected chi connectivity index (χ2v) is 5.14. The summed E-state index contributed by atoms with van der Waals surface area (Å²) in [5, 5.41) is 17.4. The minimum absolute atomic E-state index is 0.307. The van der Waals surface area contributed by atoms with E-state index in [-0.39, 0.29) is 0 Å². The number of aliphatic hydroxyl groups is 2. The van der Waals surface area contributed by atoms with Gasteiger partial charge in [0.1, 0.15) is 11.5 Å². The molecule has 0 fully saturated rings. The normalized spacial score (nSPS) is 11.1. The molecule has 0 unspecified atom stereocenters. The van der Waals surface area contributed by atoms with Crippen molar-refractivity contribution < 1.29 is 14.6 Å². The molecule has 0 amide bonds. The summed E-state index contributed by atoms with van der Waals surface area (Å²) in [6, 6.07) is 4.18. The third kappa shape index (κ3) is 8.06. The van der Waals surface area contributed by atoms with Crippen molar-refractivity contribution in [3.8, 4) is 0 Å². The summed E-state index contributed by atoms with van der Waals surface area (Å²) >= 11 is 0. The Labute approximate surface area is 116 Å². The number of unbranched alkanes of at least 4 members (excludes halogenated alkanes) is 6. The van der Waals surface area contributed by atoms with Crippen molar-refractivity contribution in [2.45, 2.75) is 64.2 Å². The Morgan fingerprint density at radius 2 is 1.05 bits per heavy atom. The predicted octanol–water partition coefficient (Wildman–Crippen LogP) is 3.47. The quantitative estimate of drug-likeness (QED) is 0.571. The van der Waals surface area contributed by atoms with Crippen LogP contribution in [0.25, 0.3) is 0 Å². The fourth-order valence-corrected chi connectivity index (χ4v) is 2.22. The lowest BCUT2D eigenvalue weighted by molar-refractivity contribution is 0.282. The molecule has 0 aliphatic heterocycles. The van der Waals surface area contributed by atoms with Gasteiger partial charge in [-0.2, -0.15) is 0 Å². The monoisotopic (exact) mass is 268 g/mol. The summed E-state index contributed by atoms with van der Waals surface area (Å²) in [5.74, 6) is 2.18. The zero-order valence-corrected chi connectivity index (χ0v) is 11.9. The molecule has 110 valence electrons. The van der Waals surface area contributed by atoms with E-state index < -0.39 is 0 Å². The van der Waals surface area contributed by atoms with Gasteiger partial charge < -0.3 is 14.6 Å². The number of rotatable bonds is 12. The molecule has 0 aliphatic rings. The molecule has 1 aromatic rings. The molecular weight excluding hydrogens is 240 g/mol. The van der Waals surface area contributed by atoms with Gasteiger partial charge in [0.15, 0.2) is 0 Å². The number of furan rings is 1. The van der Waals surface area contributed by atoms with Crippen LogP contribution in [0.5, 0.6) is 0 Å². The third-order valence-electron chi connectivity index (χ3n) is 3.38. The first-order valence-corrected chi connectivity index (χ1v) is 7.66. The van der Waals surface area contributed by atoms with Gasteiger partial charge in [0.25, 0.3) is 0 Å². The molecule has 1 rings (SSSR count).